The smallest absolute Gasteiger partial charge is 0.328 e. The summed E-state index contributed by atoms with van der Waals surface area (Å²) in [7, 11) is 0. The largest absolute Gasteiger partial charge is 0.490 e. The molecule has 0 aliphatic carbocycles. The highest BCUT2D eigenvalue weighted by Gasteiger charge is 2.28. The van der Waals surface area contributed by atoms with Crippen molar-refractivity contribution in [2.45, 2.75) is 13.5 Å². The summed E-state index contributed by atoms with van der Waals surface area (Å²) in [4.78, 5) is 35.0. The molecule has 1 aliphatic rings. The Kier molecular flexibility index (Phi) is 6.28. The van der Waals surface area contributed by atoms with Crippen LogP contribution < -0.4 is 20.1 Å². The van der Waals surface area contributed by atoms with Gasteiger partial charge in [0, 0.05) is 0 Å². The lowest BCUT2D eigenvalue weighted by atomic mass is 10.1. The first-order valence-corrected chi connectivity index (χ1v) is 9.38. The number of rotatable bonds is 6. The molecule has 0 atom stereocenters. The van der Waals surface area contributed by atoms with Crippen LogP contribution in [0.4, 0.5) is 9.18 Å². The first kappa shape index (κ1) is 20.5. The zero-order valence-corrected chi connectivity index (χ0v) is 16.8. The van der Waals surface area contributed by atoms with Gasteiger partial charge in [0.15, 0.2) is 11.5 Å². The minimum absolute atomic E-state index is 0.187. The quantitative estimate of drug-likeness (QED) is 0.507. The van der Waals surface area contributed by atoms with Crippen molar-refractivity contribution >= 4 is 39.9 Å². The summed E-state index contributed by atoms with van der Waals surface area (Å²) < 4.78 is 25.0. The fourth-order valence-electron chi connectivity index (χ4n) is 2.58. The molecular formula is C20H16BrFN2O5. The highest BCUT2D eigenvalue weighted by molar-refractivity contribution is 9.10. The molecule has 29 heavy (non-hydrogen) atoms. The van der Waals surface area contributed by atoms with Crippen LogP contribution in [0.15, 0.2) is 46.4 Å². The maximum absolute atomic E-state index is 13.0. The van der Waals surface area contributed by atoms with Crippen LogP contribution in [-0.2, 0) is 16.2 Å². The SMILES string of the molecule is CCOc1cc(C=C2C(=O)NC(=O)NC2=O)cc(Br)c1OCc1ccc(F)cc1. The van der Waals surface area contributed by atoms with Crippen molar-refractivity contribution in [3.8, 4) is 11.5 Å². The zero-order chi connectivity index (χ0) is 21.0. The van der Waals surface area contributed by atoms with Crippen LogP contribution in [0.2, 0.25) is 0 Å². The van der Waals surface area contributed by atoms with Gasteiger partial charge in [-0.1, -0.05) is 12.1 Å². The van der Waals surface area contributed by atoms with E-state index in [0.29, 0.717) is 28.1 Å². The molecule has 1 heterocycles. The summed E-state index contributed by atoms with van der Waals surface area (Å²) in [5.41, 5.74) is 1.05. The Balaban J connectivity index is 1.88. The summed E-state index contributed by atoms with van der Waals surface area (Å²) in [6, 6.07) is 8.31. The fraction of sp³-hybridized carbons (Fsp3) is 0.150. The number of halogens is 2. The number of barbiturate groups is 1. The Morgan fingerprint density at radius 2 is 1.69 bits per heavy atom. The number of urea groups is 1. The first-order chi connectivity index (χ1) is 13.9. The molecule has 2 N–H and O–H groups in total. The van der Waals surface area contributed by atoms with Gasteiger partial charge >= 0.3 is 6.03 Å². The maximum atomic E-state index is 13.0. The molecule has 2 aromatic rings. The van der Waals surface area contributed by atoms with Crippen LogP contribution in [0, 0.1) is 5.82 Å². The molecule has 7 nitrogen and oxygen atoms in total. The molecule has 0 saturated carbocycles. The van der Waals surface area contributed by atoms with Crippen molar-refractivity contribution in [1.82, 2.24) is 10.6 Å². The number of carbonyl (C=O) groups excluding carboxylic acids is 3. The van der Waals surface area contributed by atoms with E-state index in [0.717, 1.165) is 5.56 Å². The van der Waals surface area contributed by atoms with Gasteiger partial charge in [-0.25, -0.2) is 9.18 Å². The third kappa shape index (κ3) is 5.00. The number of amides is 4. The molecule has 1 fully saturated rings. The van der Waals surface area contributed by atoms with Gasteiger partial charge < -0.3 is 9.47 Å². The van der Waals surface area contributed by atoms with E-state index in [4.69, 9.17) is 9.47 Å². The molecule has 3 rings (SSSR count). The van der Waals surface area contributed by atoms with Crippen LogP contribution in [0.5, 0.6) is 11.5 Å². The number of carbonyl (C=O) groups is 3. The lowest BCUT2D eigenvalue weighted by molar-refractivity contribution is -0.123. The van der Waals surface area contributed by atoms with Gasteiger partial charge in [-0.2, -0.15) is 0 Å². The molecule has 1 saturated heterocycles. The van der Waals surface area contributed by atoms with Crippen LogP contribution in [0.25, 0.3) is 6.08 Å². The van der Waals surface area contributed by atoms with E-state index >= 15 is 0 Å². The zero-order valence-electron chi connectivity index (χ0n) is 15.3. The number of ether oxygens (including phenoxy) is 2. The standard InChI is InChI=1S/C20H16BrFN2O5/c1-2-28-16-9-12(7-14-18(25)23-20(27)24-19(14)26)8-15(21)17(16)29-10-11-3-5-13(22)6-4-11/h3-9H,2,10H2,1H3,(H2,23,24,25,26,27). The molecule has 0 bridgehead atoms. The van der Waals surface area contributed by atoms with Gasteiger partial charge in [-0.3, -0.25) is 20.2 Å². The molecule has 9 heteroatoms. The van der Waals surface area contributed by atoms with E-state index in [9.17, 15) is 18.8 Å². The second-order valence-electron chi connectivity index (χ2n) is 5.97. The monoisotopic (exact) mass is 462 g/mol. The average molecular weight is 463 g/mol. The topological polar surface area (TPSA) is 93.7 Å². The normalized spacial score (nSPS) is 13.6. The minimum Gasteiger partial charge on any atom is -0.490 e. The predicted octanol–water partition coefficient (Wildman–Crippen LogP) is 3.32. The third-order valence-corrected chi connectivity index (χ3v) is 4.47. The van der Waals surface area contributed by atoms with E-state index in [2.05, 4.69) is 15.9 Å². The third-order valence-electron chi connectivity index (χ3n) is 3.88. The van der Waals surface area contributed by atoms with Gasteiger partial charge in [-0.05, 0) is 64.3 Å². The minimum atomic E-state index is -0.863. The van der Waals surface area contributed by atoms with Gasteiger partial charge in [0.05, 0.1) is 11.1 Å². The molecule has 0 radical (unpaired) electrons. The van der Waals surface area contributed by atoms with Gasteiger partial charge in [0.2, 0.25) is 0 Å². The molecule has 0 unspecified atom stereocenters. The van der Waals surface area contributed by atoms with Crippen molar-refractivity contribution in [3.05, 3.63) is 63.4 Å². The number of nitrogens with one attached hydrogen (secondary N) is 2. The Bertz CT molecular complexity index is 983. The Morgan fingerprint density at radius 1 is 1.03 bits per heavy atom. The van der Waals surface area contributed by atoms with Crippen molar-refractivity contribution in [3.63, 3.8) is 0 Å². The van der Waals surface area contributed by atoms with E-state index in [1.165, 1.54) is 18.2 Å². The van der Waals surface area contributed by atoms with Crippen molar-refractivity contribution in [1.29, 1.82) is 0 Å². The molecule has 2 aromatic carbocycles. The van der Waals surface area contributed by atoms with Gasteiger partial charge in [0.25, 0.3) is 11.8 Å². The highest BCUT2D eigenvalue weighted by Crippen LogP contribution is 2.38. The van der Waals surface area contributed by atoms with Gasteiger partial charge in [-0.15, -0.1) is 0 Å². The lowest BCUT2D eigenvalue weighted by Gasteiger charge is -2.16. The van der Waals surface area contributed by atoms with Gasteiger partial charge in [0.1, 0.15) is 18.0 Å². The summed E-state index contributed by atoms with van der Waals surface area (Å²) in [6.45, 7) is 2.34. The first-order valence-electron chi connectivity index (χ1n) is 8.59. The average Bonchev–Trinajstić information content (AvgIpc) is 2.65. The van der Waals surface area contributed by atoms with Crippen LogP contribution in [-0.4, -0.2) is 24.5 Å². The van der Waals surface area contributed by atoms with Crippen molar-refractivity contribution in [2.24, 2.45) is 0 Å². The van der Waals surface area contributed by atoms with E-state index < -0.39 is 17.8 Å². The Hall–Kier alpha value is -3.20. The molecular weight excluding hydrogens is 447 g/mol. The Morgan fingerprint density at radius 3 is 2.31 bits per heavy atom. The van der Waals surface area contributed by atoms with E-state index in [-0.39, 0.29) is 18.0 Å². The summed E-state index contributed by atoms with van der Waals surface area (Å²) in [5, 5.41) is 4.03. The van der Waals surface area contributed by atoms with Crippen molar-refractivity contribution < 1.29 is 28.2 Å². The van der Waals surface area contributed by atoms with Crippen LogP contribution >= 0.6 is 15.9 Å². The maximum Gasteiger partial charge on any atom is 0.328 e. The van der Waals surface area contributed by atoms with E-state index in [1.54, 1.807) is 31.2 Å². The van der Waals surface area contributed by atoms with Crippen molar-refractivity contribution in [2.75, 3.05) is 6.61 Å². The summed E-state index contributed by atoms with van der Waals surface area (Å²) in [6.07, 6.45) is 1.34. The molecule has 0 spiro atoms. The molecule has 1 aliphatic heterocycles. The number of imide groups is 2. The van der Waals surface area contributed by atoms with E-state index in [1.807, 2.05) is 10.6 Å². The summed E-state index contributed by atoms with van der Waals surface area (Å²) >= 11 is 3.41. The van der Waals surface area contributed by atoms with Crippen LogP contribution in [0.3, 0.4) is 0 Å². The predicted molar refractivity (Wildman–Crippen MR) is 106 cm³/mol. The highest BCUT2D eigenvalue weighted by atomic mass is 79.9. The fourth-order valence-corrected chi connectivity index (χ4v) is 3.16. The van der Waals surface area contributed by atoms with Crippen LogP contribution in [0.1, 0.15) is 18.1 Å². The second kappa shape index (κ2) is 8.87. The number of hydrogen-bond acceptors (Lipinski definition) is 5. The molecule has 150 valence electrons. The lowest BCUT2D eigenvalue weighted by Crippen LogP contribution is -2.51. The summed E-state index contributed by atoms with van der Waals surface area (Å²) in [5.74, 6) is -1.09. The Labute approximate surface area is 174 Å². The molecule has 0 aromatic heterocycles. The second-order valence-corrected chi connectivity index (χ2v) is 6.83. The number of hydrogen-bond donors (Lipinski definition) is 2. The number of benzene rings is 2. The molecule has 4 amide bonds.